The van der Waals surface area contributed by atoms with Crippen molar-refractivity contribution < 1.29 is 4.74 Å². The summed E-state index contributed by atoms with van der Waals surface area (Å²) in [4.78, 5) is 7.03. The normalized spacial score (nSPS) is 20.8. The molecule has 2 saturated heterocycles. The molecule has 0 bridgehead atoms. The number of rotatable bonds is 5. The Bertz CT molecular complexity index is 885. The van der Waals surface area contributed by atoms with Gasteiger partial charge < -0.3 is 20.3 Å². The molecule has 7 heteroatoms. The van der Waals surface area contributed by atoms with Crippen LogP contribution in [-0.2, 0) is 10.2 Å². The molecule has 2 fully saturated rings. The summed E-state index contributed by atoms with van der Waals surface area (Å²) in [5.41, 5.74) is 2.09. The Balaban J connectivity index is 1.36. The molecule has 1 aromatic carbocycles. The predicted molar refractivity (Wildman–Crippen MR) is 132 cm³/mol. The lowest BCUT2D eigenvalue weighted by Crippen LogP contribution is -2.45. The van der Waals surface area contributed by atoms with Gasteiger partial charge in [-0.15, -0.1) is 0 Å². The van der Waals surface area contributed by atoms with Gasteiger partial charge in [-0.25, -0.2) is 4.98 Å². The summed E-state index contributed by atoms with van der Waals surface area (Å²) in [5.74, 6) is 1.76. The highest BCUT2D eigenvalue weighted by Crippen LogP contribution is 2.35. The highest BCUT2D eigenvalue weighted by Gasteiger charge is 2.34. The summed E-state index contributed by atoms with van der Waals surface area (Å²) in [6, 6.07) is 12.3. The van der Waals surface area contributed by atoms with Crippen LogP contribution in [0, 0.1) is 5.92 Å². The molecule has 0 aliphatic carbocycles. The van der Waals surface area contributed by atoms with Gasteiger partial charge >= 0.3 is 0 Å². The zero-order valence-electron chi connectivity index (χ0n) is 18.1. The molecule has 4 rings (SSSR count). The highest BCUT2D eigenvalue weighted by atomic mass is 35.5. The van der Waals surface area contributed by atoms with Crippen molar-refractivity contribution in [2.45, 2.75) is 38.0 Å². The number of piperidine rings is 1. The Morgan fingerprint density at radius 3 is 2.84 bits per heavy atom. The van der Waals surface area contributed by atoms with Crippen molar-refractivity contribution in [1.82, 2.24) is 10.3 Å². The van der Waals surface area contributed by atoms with Crippen LogP contribution in [0.3, 0.4) is 0 Å². The topological polar surface area (TPSA) is 49.4 Å². The van der Waals surface area contributed by atoms with E-state index >= 15 is 0 Å². The van der Waals surface area contributed by atoms with Crippen molar-refractivity contribution in [2.75, 3.05) is 43.1 Å². The number of thiocarbonyl (C=S) groups is 1. The Morgan fingerprint density at radius 1 is 1.29 bits per heavy atom. The molecule has 1 unspecified atom stereocenters. The summed E-state index contributed by atoms with van der Waals surface area (Å²) in [5, 5.41) is 8.08. The van der Waals surface area contributed by atoms with E-state index in [-0.39, 0.29) is 5.41 Å². The molecule has 2 N–H and O–H groups in total. The first-order valence-corrected chi connectivity index (χ1v) is 11.9. The molecule has 0 spiro atoms. The second kappa shape index (κ2) is 10.2. The minimum absolute atomic E-state index is 0.0397. The SMILES string of the molecule is CC1CCCN(c2ccc(NC(=S)NCC3(c4cccc(Cl)c4)CCOCC3)cn2)C1. The van der Waals surface area contributed by atoms with E-state index in [1.807, 2.05) is 18.3 Å². The molecule has 2 aliphatic rings. The first-order valence-electron chi connectivity index (χ1n) is 11.1. The molecular formula is C24H31ClN4OS. The predicted octanol–water partition coefficient (Wildman–Crippen LogP) is 5.01. The summed E-state index contributed by atoms with van der Waals surface area (Å²) in [6.45, 7) is 6.69. The average molecular weight is 459 g/mol. The molecule has 31 heavy (non-hydrogen) atoms. The van der Waals surface area contributed by atoms with E-state index in [1.54, 1.807) is 0 Å². The van der Waals surface area contributed by atoms with Gasteiger partial charge in [-0.2, -0.15) is 0 Å². The van der Waals surface area contributed by atoms with Crippen LogP contribution in [0.2, 0.25) is 5.02 Å². The van der Waals surface area contributed by atoms with Crippen LogP contribution in [0.25, 0.3) is 0 Å². The third-order valence-electron chi connectivity index (χ3n) is 6.46. The van der Waals surface area contributed by atoms with Crippen LogP contribution in [0.4, 0.5) is 11.5 Å². The van der Waals surface area contributed by atoms with Crippen LogP contribution in [-0.4, -0.2) is 42.9 Å². The maximum Gasteiger partial charge on any atom is 0.170 e. The molecule has 0 amide bonds. The average Bonchev–Trinajstić information content (AvgIpc) is 2.79. The van der Waals surface area contributed by atoms with E-state index in [2.05, 4.69) is 51.7 Å². The third kappa shape index (κ3) is 5.68. The molecule has 1 atom stereocenters. The van der Waals surface area contributed by atoms with E-state index in [9.17, 15) is 0 Å². The van der Waals surface area contributed by atoms with E-state index in [1.165, 1.54) is 18.4 Å². The van der Waals surface area contributed by atoms with Crippen LogP contribution in [0.5, 0.6) is 0 Å². The number of hydrogen-bond acceptors (Lipinski definition) is 4. The van der Waals surface area contributed by atoms with Gasteiger partial charge in [0.25, 0.3) is 0 Å². The van der Waals surface area contributed by atoms with Gasteiger partial charge in [0, 0.05) is 43.3 Å². The lowest BCUT2D eigenvalue weighted by Gasteiger charge is -2.38. The number of halogens is 1. The van der Waals surface area contributed by atoms with Crippen molar-refractivity contribution in [3.8, 4) is 0 Å². The van der Waals surface area contributed by atoms with Gasteiger partial charge in [0.05, 0.1) is 11.9 Å². The van der Waals surface area contributed by atoms with Crippen molar-refractivity contribution in [2.24, 2.45) is 5.92 Å². The maximum absolute atomic E-state index is 6.27. The lowest BCUT2D eigenvalue weighted by atomic mass is 9.74. The molecule has 1 aromatic heterocycles. The summed E-state index contributed by atoms with van der Waals surface area (Å²) < 4.78 is 5.63. The Morgan fingerprint density at radius 2 is 2.13 bits per heavy atom. The van der Waals surface area contributed by atoms with E-state index in [0.29, 0.717) is 5.11 Å². The highest BCUT2D eigenvalue weighted by molar-refractivity contribution is 7.80. The van der Waals surface area contributed by atoms with Crippen molar-refractivity contribution >= 4 is 40.4 Å². The molecule has 2 aliphatic heterocycles. The zero-order valence-corrected chi connectivity index (χ0v) is 19.6. The second-order valence-corrected chi connectivity index (χ2v) is 9.65. The largest absolute Gasteiger partial charge is 0.381 e. The summed E-state index contributed by atoms with van der Waals surface area (Å²) in [7, 11) is 0. The molecule has 2 aromatic rings. The summed E-state index contributed by atoms with van der Waals surface area (Å²) in [6.07, 6.45) is 6.28. The van der Waals surface area contributed by atoms with Crippen molar-refractivity contribution in [3.05, 3.63) is 53.2 Å². The van der Waals surface area contributed by atoms with Crippen LogP contribution in [0.1, 0.15) is 38.2 Å². The Labute approximate surface area is 195 Å². The molecule has 5 nitrogen and oxygen atoms in total. The number of nitrogens with one attached hydrogen (secondary N) is 2. The minimum Gasteiger partial charge on any atom is -0.381 e. The summed E-state index contributed by atoms with van der Waals surface area (Å²) >= 11 is 11.9. The van der Waals surface area contributed by atoms with Gasteiger partial charge in [-0.05, 0) is 73.6 Å². The van der Waals surface area contributed by atoms with Crippen molar-refractivity contribution in [1.29, 1.82) is 0 Å². The van der Waals surface area contributed by atoms with Gasteiger partial charge in [-0.3, -0.25) is 0 Å². The minimum atomic E-state index is -0.0397. The fraction of sp³-hybridized carbons (Fsp3) is 0.500. The molecule has 3 heterocycles. The van der Waals surface area contributed by atoms with E-state index in [4.69, 9.17) is 28.6 Å². The smallest absolute Gasteiger partial charge is 0.170 e. The molecular weight excluding hydrogens is 428 g/mol. The van der Waals surface area contributed by atoms with Gasteiger partial charge in [0.1, 0.15) is 5.82 Å². The monoisotopic (exact) mass is 458 g/mol. The first-order chi connectivity index (χ1) is 15.0. The number of nitrogens with zero attached hydrogens (tertiary/aromatic N) is 2. The van der Waals surface area contributed by atoms with E-state index < -0.39 is 0 Å². The Hall–Kier alpha value is -1.89. The lowest BCUT2D eigenvalue weighted by molar-refractivity contribution is 0.0515. The number of hydrogen-bond donors (Lipinski definition) is 2. The third-order valence-corrected chi connectivity index (χ3v) is 6.94. The zero-order chi connectivity index (χ0) is 21.7. The molecule has 166 valence electrons. The van der Waals surface area contributed by atoms with Crippen LogP contribution in [0.15, 0.2) is 42.6 Å². The molecule has 0 radical (unpaired) electrons. The first kappa shape index (κ1) is 22.3. The maximum atomic E-state index is 6.27. The number of aromatic nitrogens is 1. The van der Waals surface area contributed by atoms with Gasteiger partial charge in [0.2, 0.25) is 0 Å². The van der Waals surface area contributed by atoms with Gasteiger partial charge in [-0.1, -0.05) is 30.7 Å². The number of anilines is 2. The Kier molecular flexibility index (Phi) is 7.31. The molecule has 0 saturated carbocycles. The fourth-order valence-corrected chi connectivity index (χ4v) is 5.00. The van der Waals surface area contributed by atoms with E-state index in [0.717, 1.165) is 68.1 Å². The number of pyridine rings is 1. The fourth-order valence-electron chi connectivity index (χ4n) is 4.62. The van der Waals surface area contributed by atoms with Gasteiger partial charge in [0.15, 0.2) is 5.11 Å². The second-order valence-electron chi connectivity index (χ2n) is 8.81. The standard InChI is InChI=1S/C24H31ClN4OS/c1-18-4-3-11-29(16-18)22-8-7-21(15-26-22)28-23(31)27-17-24(9-12-30-13-10-24)19-5-2-6-20(25)14-19/h2,5-8,14-15,18H,3-4,9-13,16-17H2,1H3,(H2,27,28,31). The van der Waals surface area contributed by atoms with Crippen LogP contribution < -0.4 is 15.5 Å². The van der Waals surface area contributed by atoms with Crippen molar-refractivity contribution in [3.63, 3.8) is 0 Å². The van der Waals surface area contributed by atoms with Crippen LogP contribution >= 0.6 is 23.8 Å². The number of ether oxygens (including phenoxy) is 1. The quantitative estimate of drug-likeness (QED) is 0.614. The number of benzene rings is 1.